The smallest absolute Gasteiger partial charge is 0.276 e. The van der Waals surface area contributed by atoms with Crippen LogP contribution in [-0.2, 0) is 17.9 Å². The van der Waals surface area contributed by atoms with Crippen molar-refractivity contribution in [2.24, 2.45) is 0 Å². The Morgan fingerprint density at radius 2 is 2.00 bits per heavy atom. The highest BCUT2D eigenvalue weighted by molar-refractivity contribution is 5.92. The minimum Gasteiger partial charge on any atom is -0.348 e. The summed E-state index contributed by atoms with van der Waals surface area (Å²) < 4.78 is 1.72. The van der Waals surface area contributed by atoms with Crippen LogP contribution in [-0.4, -0.2) is 25.6 Å². The summed E-state index contributed by atoms with van der Waals surface area (Å²) in [5, 5.41) is 17.8. The molecule has 1 amide bonds. The molecule has 0 aliphatic carbocycles. The first kappa shape index (κ1) is 18.0. The molecule has 0 saturated carbocycles. The van der Waals surface area contributed by atoms with Crippen molar-refractivity contribution in [2.75, 3.05) is 0 Å². The van der Waals surface area contributed by atoms with E-state index in [0.717, 1.165) is 11.1 Å². The van der Waals surface area contributed by atoms with E-state index in [4.69, 9.17) is 0 Å². The van der Waals surface area contributed by atoms with Crippen LogP contribution in [0.25, 0.3) is 6.08 Å². The van der Waals surface area contributed by atoms with Gasteiger partial charge in [-0.2, -0.15) is 5.10 Å². The van der Waals surface area contributed by atoms with Gasteiger partial charge in [-0.25, -0.2) is 9.67 Å². The van der Waals surface area contributed by atoms with E-state index in [-0.39, 0.29) is 11.6 Å². The standard InChI is InChI=1S/C19H17N5O3/c25-19(9-8-17-6-1-2-7-18(17)24(26)27)21-11-15-4-3-5-16(10-15)12-23-14-20-13-22-23/h1-10,13-14H,11-12H2,(H,21,25)/b9-8-. The third kappa shape index (κ3) is 5.08. The van der Waals surface area contributed by atoms with E-state index < -0.39 is 4.92 Å². The van der Waals surface area contributed by atoms with Crippen LogP contribution in [0.2, 0.25) is 0 Å². The van der Waals surface area contributed by atoms with Gasteiger partial charge in [0.1, 0.15) is 12.7 Å². The van der Waals surface area contributed by atoms with Gasteiger partial charge in [0.05, 0.1) is 17.0 Å². The first-order valence-electron chi connectivity index (χ1n) is 8.21. The fourth-order valence-corrected chi connectivity index (χ4v) is 2.55. The largest absolute Gasteiger partial charge is 0.348 e. The summed E-state index contributed by atoms with van der Waals surface area (Å²) in [5.74, 6) is -0.324. The summed E-state index contributed by atoms with van der Waals surface area (Å²) >= 11 is 0. The van der Waals surface area contributed by atoms with Gasteiger partial charge in [-0.15, -0.1) is 0 Å². The van der Waals surface area contributed by atoms with Gasteiger partial charge in [0.15, 0.2) is 0 Å². The van der Waals surface area contributed by atoms with E-state index in [1.807, 2.05) is 24.3 Å². The van der Waals surface area contributed by atoms with Gasteiger partial charge in [0.2, 0.25) is 5.91 Å². The third-order valence-corrected chi connectivity index (χ3v) is 3.82. The van der Waals surface area contributed by atoms with Crippen LogP contribution >= 0.6 is 0 Å². The third-order valence-electron chi connectivity index (χ3n) is 3.82. The minimum atomic E-state index is -0.474. The average Bonchev–Trinajstić information content (AvgIpc) is 3.18. The zero-order valence-electron chi connectivity index (χ0n) is 14.4. The number of benzene rings is 2. The molecule has 0 radical (unpaired) electrons. The molecule has 3 aromatic rings. The number of amides is 1. The zero-order chi connectivity index (χ0) is 19.1. The Balaban J connectivity index is 1.59. The van der Waals surface area contributed by atoms with Gasteiger partial charge in [-0.3, -0.25) is 14.9 Å². The second kappa shape index (κ2) is 8.52. The van der Waals surface area contributed by atoms with Gasteiger partial charge in [0.25, 0.3) is 5.69 Å². The van der Waals surface area contributed by atoms with E-state index in [1.165, 1.54) is 24.5 Å². The SMILES string of the molecule is O=C(/C=C\c1ccccc1[N+](=O)[O-])NCc1cccc(Cn2cncn2)c1. The van der Waals surface area contributed by atoms with Gasteiger partial charge in [-0.05, 0) is 23.3 Å². The van der Waals surface area contributed by atoms with Crippen LogP contribution in [0.4, 0.5) is 5.69 Å². The number of para-hydroxylation sites is 1. The van der Waals surface area contributed by atoms with Gasteiger partial charge in [0, 0.05) is 18.7 Å². The van der Waals surface area contributed by atoms with Gasteiger partial charge >= 0.3 is 0 Å². The summed E-state index contributed by atoms with van der Waals surface area (Å²) in [6, 6.07) is 14.0. The molecule has 0 aliphatic heterocycles. The number of hydrogen-bond acceptors (Lipinski definition) is 5. The Morgan fingerprint density at radius 3 is 2.78 bits per heavy atom. The Kier molecular flexibility index (Phi) is 5.68. The number of nitrogens with one attached hydrogen (secondary N) is 1. The van der Waals surface area contributed by atoms with Crippen molar-refractivity contribution in [1.82, 2.24) is 20.1 Å². The van der Waals surface area contributed by atoms with Crippen molar-refractivity contribution in [3.8, 4) is 0 Å². The lowest BCUT2D eigenvalue weighted by atomic mass is 10.1. The lowest BCUT2D eigenvalue weighted by Crippen LogP contribution is -2.20. The van der Waals surface area contributed by atoms with Gasteiger partial charge in [-0.1, -0.05) is 36.4 Å². The normalized spacial score (nSPS) is 10.8. The molecule has 0 saturated heterocycles. The number of nitro groups is 1. The lowest BCUT2D eigenvalue weighted by Gasteiger charge is -2.06. The molecule has 2 aromatic carbocycles. The van der Waals surface area contributed by atoms with Crippen molar-refractivity contribution in [3.05, 3.63) is 94.1 Å². The molecule has 8 nitrogen and oxygen atoms in total. The summed E-state index contributed by atoms with van der Waals surface area (Å²) in [5.41, 5.74) is 2.33. The number of nitro benzene ring substituents is 1. The van der Waals surface area contributed by atoms with Crippen LogP contribution in [0.1, 0.15) is 16.7 Å². The minimum absolute atomic E-state index is 0.0395. The van der Waals surface area contributed by atoms with E-state index in [1.54, 1.807) is 29.2 Å². The predicted molar refractivity (Wildman–Crippen MR) is 99.5 cm³/mol. The maximum Gasteiger partial charge on any atom is 0.276 e. The summed E-state index contributed by atoms with van der Waals surface area (Å²) in [6.45, 7) is 0.949. The van der Waals surface area contributed by atoms with E-state index >= 15 is 0 Å². The van der Waals surface area contributed by atoms with Crippen molar-refractivity contribution >= 4 is 17.7 Å². The number of nitrogens with zero attached hydrogens (tertiary/aromatic N) is 4. The predicted octanol–water partition coefficient (Wildman–Crippen LogP) is 2.56. The quantitative estimate of drug-likeness (QED) is 0.395. The maximum atomic E-state index is 12.0. The van der Waals surface area contributed by atoms with E-state index in [2.05, 4.69) is 15.4 Å². The topological polar surface area (TPSA) is 103 Å². The first-order chi connectivity index (χ1) is 13.1. The molecule has 1 N–H and O–H groups in total. The maximum absolute atomic E-state index is 12.0. The Labute approximate surface area is 155 Å². The monoisotopic (exact) mass is 363 g/mol. The Bertz CT molecular complexity index is 967. The number of carbonyl (C=O) groups excluding carboxylic acids is 1. The molecule has 8 heteroatoms. The summed E-state index contributed by atoms with van der Waals surface area (Å²) in [6.07, 6.45) is 5.85. The molecular formula is C19H17N5O3. The Morgan fingerprint density at radius 1 is 1.19 bits per heavy atom. The molecule has 136 valence electrons. The molecule has 0 spiro atoms. The highest BCUT2D eigenvalue weighted by Crippen LogP contribution is 2.18. The summed E-state index contributed by atoms with van der Waals surface area (Å²) in [4.78, 5) is 26.4. The van der Waals surface area contributed by atoms with Crippen LogP contribution in [0.3, 0.4) is 0 Å². The number of aromatic nitrogens is 3. The fraction of sp³-hybridized carbons (Fsp3) is 0.105. The van der Waals surface area contributed by atoms with E-state index in [9.17, 15) is 14.9 Å². The van der Waals surface area contributed by atoms with Crippen molar-refractivity contribution in [1.29, 1.82) is 0 Å². The summed E-state index contributed by atoms with van der Waals surface area (Å²) in [7, 11) is 0. The molecule has 0 atom stereocenters. The molecule has 1 aromatic heterocycles. The van der Waals surface area contributed by atoms with Crippen LogP contribution in [0.15, 0.2) is 67.3 Å². The second-order valence-electron chi connectivity index (χ2n) is 5.78. The first-order valence-corrected chi connectivity index (χ1v) is 8.21. The second-order valence-corrected chi connectivity index (χ2v) is 5.78. The fourth-order valence-electron chi connectivity index (χ4n) is 2.55. The van der Waals surface area contributed by atoms with Crippen molar-refractivity contribution in [2.45, 2.75) is 13.1 Å². The molecule has 0 fully saturated rings. The lowest BCUT2D eigenvalue weighted by molar-refractivity contribution is -0.385. The van der Waals surface area contributed by atoms with Crippen molar-refractivity contribution in [3.63, 3.8) is 0 Å². The molecule has 0 aliphatic rings. The number of rotatable bonds is 7. The van der Waals surface area contributed by atoms with Crippen LogP contribution in [0, 0.1) is 10.1 Å². The number of carbonyl (C=O) groups is 1. The number of hydrogen-bond donors (Lipinski definition) is 1. The highest BCUT2D eigenvalue weighted by atomic mass is 16.6. The zero-order valence-corrected chi connectivity index (χ0v) is 14.4. The molecule has 27 heavy (non-hydrogen) atoms. The molecule has 1 heterocycles. The van der Waals surface area contributed by atoms with Crippen LogP contribution in [0.5, 0.6) is 0 Å². The van der Waals surface area contributed by atoms with Crippen LogP contribution < -0.4 is 5.32 Å². The Hall–Kier alpha value is -3.81. The molecule has 0 bridgehead atoms. The van der Waals surface area contributed by atoms with Crippen molar-refractivity contribution < 1.29 is 9.72 Å². The average molecular weight is 363 g/mol. The molecular weight excluding hydrogens is 346 g/mol. The molecule has 0 unspecified atom stereocenters. The van der Waals surface area contributed by atoms with Gasteiger partial charge < -0.3 is 5.32 Å². The molecule has 3 rings (SSSR count). The van der Waals surface area contributed by atoms with E-state index in [0.29, 0.717) is 18.7 Å². The highest BCUT2D eigenvalue weighted by Gasteiger charge is 2.09.